The third kappa shape index (κ3) is 63.4. The highest BCUT2D eigenvalue weighted by molar-refractivity contribution is 7.47. The average Bonchev–Trinajstić information content (AvgIpc) is 3.42. The highest BCUT2D eigenvalue weighted by Crippen LogP contribution is 2.43. The van der Waals surface area contributed by atoms with E-state index >= 15 is 0 Å². The molecule has 0 aromatic carbocycles. The summed E-state index contributed by atoms with van der Waals surface area (Å²) in [5.74, 6) is -0.172. The molecule has 0 bridgehead atoms. The number of carbonyl (C=O) groups is 1. The van der Waals surface area contributed by atoms with E-state index in [-0.39, 0.29) is 19.1 Å². The van der Waals surface area contributed by atoms with Crippen molar-refractivity contribution >= 4 is 13.7 Å². The third-order valence-corrected chi connectivity index (χ3v) is 16.2. The number of aliphatic hydroxyl groups is 1. The molecule has 0 fully saturated rings. The van der Waals surface area contributed by atoms with Crippen LogP contribution in [0.2, 0.25) is 0 Å². The quantitative estimate of drug-likeness (QED) is 0.0243. The third-order valence-electron chi connectivity index (χ3n) is 15.2. The SMILES string of the molecule is CC/C=C\C/C=C\C/C=C\C/C=C\C/C=C\CCCCCCCCCCCCCCCCCCCCCCCCCC(=O)NC(COP(=O)(O)OCC[N+](C)(C)C)C(O)/C=C/CCCCCCCCCCCCCCCCCC. The van der Waals surface area contributed by atoms with Crippen LogP contribution in [0.25, 0.3) is 0 Å². The van der Waals surface area contributed by atoms with Gasteiger partial charge in [-0.05, 0) is 64.2 Å². The van der Waals surface area contributed by atoms with E-state index in [0.29, 0.717) is 17.4 Å². The standard InChI is InChI=1S/C70H131N2O6P/c1-6-8-10-12-14-16-18-20-22-24-26-27-28-29-30-31-32-33-34-35-36-37-38-39-40-41-42-43-44-45-46-48-50-52-54-56-58-60-62-64-70(74)71-68(67-78-79(75,76)77-66-65-72(3,4)5)69(73)63-61-59-57-55-53-51-49-47-25-23-21-19-17-15-13-11-9-7-2/h8,10,14,16,20,22,26-27,29-30,61,63,68-69,73H,6-7,9,11-13,15,17-19,21,23-25,28,31-60,62,64-67H2,1-5H3,(H-,71,74,75,76)/p+1/b10-8-,16-14-,22-20-,27-26-,30-29-,63-61+. The highest BCUT2D eigenvalue weighted by atomic mass is 31.2. The monoisotopic (exact) mass is 1130 g/mol. The molecule has 462 valence electrons. The first kappa shape index (κ1) is 76.9. The average molecular weight is 1130 g/mol. The van der Waals surface area contributed by atoms with Crippen molar-refractivity contribution in [1.82, 2.24) is 5.32 Å². The molecule has 0 aromatic heterocycles. The molecule has 0 aliphatic carbocycles. The lowest BCUT2D eigenvalue weighted by Gasteiger charge is -2.25. The van der Waals surface area contributed by atoms with E-state index in [4.69, 9.17) is 9.05 Å². The summed E-state index contributed by atoms with van der Waals surface area (Å²) in [5, 5.41) is 14.0. The molecule has 3 atom stereocenters. The molecular weight excluding hydrogens is 996 g/mol. The molecule has 0 aliphatic rings. The number of unbranched alkanes of at least 4 members (excludes halogenated alkanes) is 39. The predicted molar refractivity (Wildman–Crippen MR) is 346 cm³/mol. The molecule has 0 saturated carbocycles. The number of nitrogens with zero attached hydrogens (tertiary/aromatic N) is 1. The van der Waals surface area contributed by atoms with Gasteiger partial charge in [0.05, 0.1) is 39.9 Å². The van der Waals surface area contributed by atoms with Crippen molar-refractivity contribution in [2.75, 3.05) is 40.9 Å². The molecular formula is C70H132N2O6P+. The van der Waals surface area contributed by atoms with Crippen LogP contribution in [0.5, 0.6) is 0 Å². The Kier molecular flexibility index (Phi) is 59.0. The Morgan fingerprint density at radius 3 is 1.11 bits per heavy atom. The smallest absolute Gasteiger partial charge is 0.387 e. The Morgan fingerprint density at radius 1 is 0.443 bits per heavy atom. The summed E-state index contributed by atoms with van der Waals surface area (Å²) in [6.45, 7) is 4.74. The first-order valence-corrected chi connectivity index (χ1v) is 35.3. The van der Waals surface area contributed by atoms with Gasteiger partial charge >= 0.3 is 7.82 Å². The van der Waals surface area contributed by atoms with Crippen molar-refractivity contribution in [3.05, 3.63) is 72.9 Å². The molecule has 0 rings (SSSR count). The van der Waals surface area contributed by atoms with E-state index in [1.54, 1.807) is 6.08 Å². The van der Waals surface area contributed by atoms with Gasteiger partial charge in [0.15, 0.2) is 0 Å². The van der Waals surface area contributed by atoms with Crippen LogP contribution in [0.15, 0.2) is 72.9 Å². The zero-order valence-corrected chi connectivity index (χ0v) is 53.8. The zero-order chi connectivity index (χ0) is 57.7. The highest BCUT2D eigenvalue weighted by Gasteiger charge is 2.28. The maximum atomic E-state index is 13.0. The van der Waals surface area contributed by atoms with Gasteiger partial charge in [-0.25, -0.2) is 4.57 Å². The van der Waals surface area contributed by atoms with Crippen molar-refractivity contribution in [2.24, 2.45) is 0 Å². The largest absolute Gasteiger partial charge is 0.472 e. The summed E-state index contributed by atoms with van der Waals surface area (Å²) in [4.78, 5) is 23.4. The predicted octanol–water partition coefficient (Wildman–Crippen LogP) is 21.4. The molecule has 0 aromatic rings. The summed E-state index contributed by atoms with van der Waals surface area (Å²) < 4.78 is 23.8. The summed E-state index contributed by atoms with van der Waals surface area (Å²) in [5.41, 5.74) is 0. The number of nitrogens with one attached hydrogen (secondary N) is 1. The first-order chi connectivity index (χ1) is 38.5. The van der Waals surface area contributed by atoms with E-state index in [0.717, 1.165) is 70.6 Å². The van der Waals surface area contributed by atoms with Crippen LogP contribution in [0.1, 0.15) is 316 Å². The molecule has 1 amide bonds. The number of phosphoric acid groups is 1. The Bertz CT molecular complexity index is 1520. The lowest BCUT2D eigenvalue weighted by atomic mass is 10.0. The van der Waals surface area contributed by atoms with Gasteiger partial charge in [0.1, 0.15) is 13.2 Å². The van der Waals surface area contributed by atoms with Gasteiger partial charge in [-0.3, -0.25) is 13.8 Å². The Balaban J connectivity index is 3.95. The summed E-state index contributed by atoms with van der Waals surface area (Å²) in [7, 11) is 1.58. The van der Waals surface area contributed by atoms with Gasteiger partial charge in [-0.15, -0.1) is 0 Å². The second-order valence-electron chi connectivity index (χ2n) is 24.2. The second kappa shape index (κ2) is 60.5. The maximum Gasteiger partial charge on any atom is 0.472 e. The minimum Gasteiger partial charge on any atom is -0.387 e. The molecule has 3 N–H and O–H groups in total. The molecule has 9 heteroatoms. The van der Waals surface area contributed by atoms with Crippen molar-refractivity contribution in [2.45, 2.75) is 328 Å². The number of carbonyl (C=O) groups excluding carboxylic acids is 1. The fourth-order valence-electron chi connectivity index (χ4n) is 9.96. The molecule has 79 heavy (non-hydrogen) atoms. The zero-order valence-electron chi connectivity index (χ0n) is 52.9. The van der Waals surface area contributed by atoms with Crippen LogP contribution < -0.4 is 5.32 Å². The summed E-state index contributed by atoms with van der Waals surface area (Å²) >= 11 is 0. The van der Waals surface area contributed by atoms with E-state index in [9.17, 15) is 19.4 Å². The maximum absolute atomic E-state index is 13.0. The minimum absolute atomic E-state index is 0.0622. The van der Waals surface area contributed by atoms with E-state index in [1.165, 1.54) is 225 Å². The minimum atomic E-state index is -4.35. The van der Waals surface area contributed by atoms with Gasteiger partial charge < -0.3 is 19.8 Å². The van der Waals surface area contributed by atoms with Gasteiger partial charge in [0.25, 0.3) is 0 Å². The first-order valence-electron chi connectivity index (χ1n) is 33.8. The van der Waals surface area contributed by atoms with Crippen LogP contribution in [0.4, 0.5) is 0 Å². The number of quaternary nitrogens is 1. The van der Waals surface area contributed by atoms with E-state index in [1.807, 2.05) is 27.2 Å². The molecule has 0 heterocycles. The number of hydrogen-bond acceptors (Lipinski definition) is 5. The number of allylic oxidation sites excluding steroid dienone is 11. The topological polar surface area (TPSA) is 105 Å². The van der Waals surface area contributed by atoms with Gasteiger partial charge in [0, 0.05) is 6.42 Å². The second-order valence-corrected chi connectivity index (χ2v) is 25.6. The number of rotatable bonds is 62. The Hall–Kier alpha value is -2.06. The van der Waals surface area contributed by atoms with Crippen molar-refractivity contribution in [1.29, 1.82) is 0 Å². The molecule has 8 nitrogen and oxygen atoms in total. The van der Waals surface area contributed by atoms with Crippen LogP contribution >= 0.6 is 7.82 Å². The fraction of sp³-hybridized carbons (Fsp3) is 0.814. The summed E-state index contributed by atoms with van der Waals surface area (Å²) in [6.07, 6.45) is 84.7. The molecule has 0 aliphatic heterocycles. The lowest BCUT2D eigenvalue weighted by molar-refractivity contribution is -0.870. The van der Waals surface area contributed by atoms with Gasteiger partial charge in [-0.1, -0.05) is 318 Å². The molecule has 0 saturated heterocycles. The molecule has 0 spiro atoms. The number of likely N-dealkylation sites (N-methyl/N-ethyl adjacent to an activating group) is 1. The van der Waals surface area contributed by atoms with Crippen molar-refractivity contribution in [3.63, 3.8) is 0 Å². The molecule has 3 unspecified atom stereocenters. The van der Waals surface area contributed by atoms with E-state index < -0.39 is 20.0 Å². The van der Waals surface area contributed by atoms with Gasteiger partial charge in [-0.2, -0.15) is 0 Å². The van der Waals surface area contributed by atoms with Gasteiger partial charge in [0.2, 0.25) is 5.91 Å². The number of phosphoric ester groups is 1. The summed E-state index contributed by atoms with van der Waals surface area (Å²) in [6, 6.07) is -0.847. The molecule has 0 radical (unpaired) electrons. The van der Waals surface area contributed by atoms with Crippen LogP contribution in [0.3, 0.4) is 0 Å². The Labute approximate surface area is 491 Å². The lowest BCUT2D eigenvalue weighted by Crippen LogP contribution is -2.45. The normalized spacial score (nSPS) is 14.2. The van der Waals surface area contributed by atoms with Crippen molar-refractivity contribution < 1.29 is 32.9 Å². The fourth-order valence-corrected chi connectivity index (χ4v) is 10.7. The Morgan fingerprint density at radius 2 is 0.759 bits per heavy atom. The van der Waals surface area contributed by atoms with Crippen molar-refractivity contribution in [3.8, 4) is 0 Å². The van der Waals surface area contributed by atoms with E-state index in [2.05, 4.69) is 79.9 Å². The number of aliphatic hydroxyl groups excluding tert-OH is 1. The van der Waals surface area contributed by atoms with Crippen LogP contribution in [0, 0.1) is 0 Å². The number of amides is 1. The van der Waals surface area contributed by atoms with Crippen LogP contribution in [-0.4, -0.2) is 73.4 Å². The van der Waals surface area contributed by atoms with Crippen LogP contribution in [-0.2, 0) is 18.4 Å². The number of hydrogen-bond donors (Lipinski definition) is 3.